The summed E-state index contributed by atoms with van der Waals surface area (Å²) in [6, 6.07) is 1.69. The van der Waals surface area contributed by atoms with E-state index in [1.54, 1.807) is 12.3 Å². The molecule has 19 heavy (non-hydrogen) atoms. The summed E-state index contributed by atoms with van der Waals surface area (Å²) in [5.41, 5.74) is 1.66. The molecule has 1 aliphatic heterocycles. The Kier molecular flexibility index (Phi) is 3.67. The molecule has 0 spiro atoms. The van der Waals surface area contributed by atoms with Crippen LogP contribution in [0.25, 0.3) is 5.65 Å². The molecule has 2 aromatic heterocycles. The van der Waals surface area contributed by atoms with E-state index < -0.39 is 0 Å². The molecule has 1 unspecified atom stereocenters. The highest BCUT2D eigenvalue weighted by atomic mass is 35.5. The molecular formula is C13H15Cl2N3O. The van der Waals surface area contributed by atoms with Gasteiger partial charge in [0, 0.05) is 25.5 Å². The molecule has 3 heterocycles. The molecule has 4 nitrogen and oxygen atoms in total. The number of imidazole rings is 1. The summed E-state index contributed by atoms with van der Waals surface area (Å²) < 4.78 is 1.85. The van der Waals surface area contributed by atoms with E-state index in [-0.39, 0.29) is 6.10 Å². The number of rotatable bonds is 2. The van der Waals surface area contributed by atoms with E-state index in [1.165, 1.54) is 0 Å². The monoisotopic (exact) mass is 299 g/mol. The number of pyridine rings is 1. The van der Waals surface area contributed by atoms with Crippen molar-refractivity contribution in [3.05, 3.63) is 34.2 Å². The molecule has 1 saturated heterocycles. The lowest BCUT2D eigenvalue weighted by molar-refractivity contribution is 0.0663. The molecule has 1 N–H and O–H groups in total. The van der Waals surface area contributed by atoms with Crippen LogP contribution in [0.1, 0.15) is 18.5 Å². The van der Waals surface area contributed by atoms with E-state index in [0.29, 0.717) is 16.6 Å². The van der Waals surface area contributed by atoms with Crippen LogP contribution in [0.4, 0.5) is 0 Å². The Balaban J connectivity index is 1.83. The number of halogens is 2. The molecular weight excluding hydrogens is 285 g/mol. The minimum absolute atomic E-state index is 0.219. The smallest absolute Gasteiger partial charge is 0.156 e. The van der Waals surface area contributed by atoms with Crippen molar-refractivity contribution >= 4 is 28.8 Å². The van der Waals surface area contributed by atoms with Crippen molar-refractivity contribution in [2.24, 2.45) is 0 Å². The Hall–Kier alpha value is -0.810. The highest BCUT2D eigenvalue weighted by Gasteiger charge is 2.18. The van der Waals surface area contributed by atoms with Gasteiger partial charge in [0.1, 0.15) is 0 Å². The first-order chi connectivity index (χ1) is 9.11. The molecule has 3 rings (SSSR count). The second-order valence-electron chi connectivity index (χ2n) is 5.00. The standard InChI is InChI=1S/C13H15Cl2N3O/c14-9-4-12(15)13-16-10(7-18(13)5-9)6-17-3-1-2-11(19)8-17/h4-5,7,11,19H,1-3,6,8H2. The topological polar surface area (TPSA) is 40.8 Å². The van der Waals surface area contributed by atoms with Crippen LogP contribution in [-0.4, -0.2) is 38.6 Å². The van der Waals surface area contributed by atoms with E-state index in [0.717, 1.165) is 37.3 Å². The van der Waals surface area contributed by atoms with Crippen LogP contribution in [0.3, 0.4) is 0 Å². The molecule has 0 bridgehead atoms. The third-order valence-electron chi connectivity index (χ3n) is 3.39. The number of fused-ring (bicyclic) bond motifs is 1. The number of aliphatic hydroxyl groups excluding tert-OH is 1. The van der Waals surface area contributed by atoms with Gasteiger partial charge in [-0.25, -0.2) is 4.98 Å². The molecule has 2 aromatic rings. The van der Waals surface area contributed by atoms with E-state index in [2.05, 4.69) is 9.88 Å². The molecule has 0 aliphatic carbocycles. The molecule has 0 radical (unpaired) electrons. The number of hydrogen-bond acceptors (Lipinski definition) is 3. The summed E-state index contributed by atoms with van der Waals surface area (Å²) >= 11 is 12.1. The van der Waals surface area contributed by atoms with Crippen molar-refractivity contribution in [3.8, 4) is 0 Å². The minimum atomic E-state index is -0.219. The number of aromatic nitrogens is 2. The van der Waals surface area contributed by atoms with Crippen LogP contribution >= 0.6 is 23.2 Å². The summed E-state index contributed by atoms with van der Waals surface area (Å²) in [6.07, 6.45) is 5.44. The fourth-order valence-electron chi connectivity index (χ4n) is 2.56. The Morgan fingerprint density at radius 2 is 2.21 bits per heavy atom. The number of nitrogens with zero attached hydrogens (tertiary/aromatic N) is 3. The van der Waals surface area contributed by atoms with Gasteiger partial charge in [0.15, 0.2) is 5.65 Å². The SMILES string of the molecule is OC1CCCN(Cc2cn3cc(Cl)cc(Cl)c3n2)C1. The van der Waals surface area contributed by atoms with Gasteiger partial charge in [0.05, 0.1) is 21.8 Å². The molecule has 1 aliphatic rings. The molecule has 0 saturated carbocycles. The normalized spacial score (nSPS) is 21.1. The summed E-state index contributed by atoms with van der Waals surface area (Å²) in [5.74, 6) is 0. The molecule has 6 heteroatoms. The molecule has 0 amide bonds. The summed E-state index contributed by atoms with van der Waals surface area (Å²) in [4.78, 5) is 6.74. The van der Waals surface area contributed by atoms with Gasteiger partial charge in [-0.05, 0) is 25.5 Å². The van der Waals surface area contributed by atoms with Gasteiger partial charge in [-0.15, -0.1) is 0 Å². The largest absolute Gasteiger partial charge is 0.392 e. The van der Waals surface area contributed by atoms with Crippen LogP contribution in [0.15, 0.2) is 18.5 Å². The second-order valence-corrected chi connectivity index (χ2v) is 5.84. The van der Waals surface area contributed by atoms with Crippen LogP contribution < -0.4 is 0 Å². The van der Waals surface area contributed by atoms with Gasteiger partial charge in [-0.2, -0.15) is 0 Å². The number of piperidine rings is 1. The number of hydrogen-bond donors (Lipinski definition) is 1. The second kappa shape index (κ2) is 5.29. The van der Waals surface area contributed by atoms with Crippen molar-refractivity contribution in [1.82, 2.24) is 14.3 Å². The zero-order chi connectivity index (χ0) is 13.4. The lowest BCUT2D eigenvalue weighted by Gasteiger charge is -2.29. The summed E-state index contributed by atoms with van der Waals surface area (Å²) in [6.45, 7) is 2.44. The third kappa shape index (κ3) is 2.87. The highest BCUT2D eigenvalue weighted by Crippen LogP contribution is 2.22. The van der Waals surface area contributed by atoms with Gasteiger partial charge >= 0.3 is 0 Å². The third-order valence-corrected chi connectivity index (χ3v) is 3.87. The van der Waals surface area contributed by atoms with Gasteiger partial charge in [-0.3, -0.25) is 4.90 Å². The number of likely N-dealkylation sites (tertiary alicyclic amines) is 1. The average Bonchev–Trinajstić information content (AvgIpc) is 2.71. The predicted molar refractivity (Wildman–Crippen MR) is 75.7 cm³/mol. The first-order valence-electron chi connectivity index (χ1n) is 6.35. The molecule has 1 fully saturated rings. The Bertz CT molecular complexity index is 599. The van der Waals surface area contributed by atoms with Gasteiger partial charge in [0.25, 0.3) is 0 Å². The van der Waals surface area contributed by atoms with Crippen molar-refractivity contribution in [2.45, 2.75) is 25.5 Å². The van der Waals surface area contributed by atoms with Crippen molar-refractivity contribution in [3.63, 3.8) is 0 Å². The van der Waals surface area contributed by atoms with Crippen LogP contribution in [0.2, 0.25) is 10.0 Å². The van der Waals surface area contributed by atoms with Gasteiger partial charge in [0.2, 0.25) is 0 Å². The Morgan fingerprint density at radius 1 is 1.37 bits per heavy atom. The zero-order valence-electron chi connectivity index (χ0n) is 10.4. The van der Waals surface area contributed by atoms with Gasteiger partial charge < -0.3 is 9.51 Å². The van der Waals surface area contributed by atoms with Crippen molar-refractivity contribution in [1.29, 1.82) is 0 Å². The maximum absolute atomic E-state index is 9.67. The van der Waals surface area contributed by atoms with Gasteiger partial charge in [-0.1, -0.05) is 23.2 Å². The minimum Gasteiger partial charge on any atom is -0.392 e. The van der Waals surface area contributed by atoms with E-state index in [4.69, 9.17) is 23.2 Å². The zero-order valence-corrected chi connectivity index (χ0v) is 11.9. The molecule has 0 aromatic carbocycles. The number of aliphatic hydroxyl groups is 1. The summed E-state index contributed by atoms with van der Waals surface area (Å²) in [7, 11) is 0. The predicted octanol–water partition coefficient (Wildman–Crippen LogP) is 2.60. The van der Waals surface area contributed by atoms with E-state index in [9.17, 15) is 5.11 Å². The molecule has 1 atom stereocenters. The van der Waals surface area contributed by atoms with Crippen molar-refractivity contribution < 1.29 is 5.11 Å². The van der Waals surface area contributed by atoms with Crippen LogP contribution in [-0.2, 0) is 6.54 Å². The van der Waals surface area contributed by atoms with E-state index in [1.807, 2.05) is 10.6 Å². The molecule has 102 valence electrons. The summed E-state index contributed by atoms with van der Waals surface area (Å²) in [5, 5.41) is 10.8. The maximum Gasteiger partial charge on any atom is 0.156 e. The Morgan fingerprint density at radius 3 is 3.00 bits per heavy atom. The van der Waals surface area contributed by atoms with E-state index >= 15 is 0 Å². The first-order valence-corrected chi connectivity index (χ1v) is 7.10. The quantitative estimate of drug-likeness (QED) is 0.927. The number of β-amino-alcohol motifs (C(OH)–C–C–N with tert-alkyl or cyclic N) is 1. The average molecular weight is 300 g/mol. The first kappa shape index (κ1) is 13.2. The fraction of sp³-hybridized carbons (Fsp3) is 0.462. The maximum atomic E-state index is 9.67. The lowest BCUT2D eigenvalue weighted by atomic mass is 10.1. The van der Waals surface area contributed by atoms with Crippen LogP contribution in [0.5, 0.6) is 0 Å². The lowest BCUT2D eigenvalue weighted by Crippen LogP contribution is -2.37. The Labute approximate surface area is 121 Å². The van der Waals surface area contributed by atoms with Crippen molar-refractivity contribution in [2.75, 3.05) is 13.1 Å². The fourth-order valence-corrected chi connectivity index (χ4v) is 3.08. The highest BCUT2D eigenvalue weighted by molar-refractivity contribution is 6.36. The van der Waals surface area contributed by atoms with Crippen LogP contribution in [0, 0.1) is 0 Å².